The van der Waals surface area contributed by atoms with Crippen LogP contribution in [0.25, 0.3) is 5.57 Å². The number of rotatable bonds is 8. The Labute approximate surface area is 201 Å². The molecular formula is C23H28BrN5O4. The molecule has 1 amide bonds. The molecule has 176 valence electrons. The van der Waals surface area contributed by atoms with Gasteiger partial charge in [0.2, 0.25) is 0 Å². The van der Waals surface area contributed by atoms with Crippen molar-refractivity contribution in [3.8, 4) is 11.5 Å². The maximum Gasteiger partial charge on any atom is 0.407 e. The van der Waals surface area contributed by atoms with Gasteiger partial charge in [-0.1, -0.05) is 6.07 Å². The van der Waals surface area contributed by atoms with Crippen molar-refractivity contribution in [1.82, 2.24) is 15.3 Å². The molecule has 1 aromatic carbocycles. The summed E-state index contributed by atoms with van der Waals surface area (Å²) >= 11 is 3.27. The van der Waals surface area contributed by atoms with E-state index in [0.717, 1.165) is 11.1 Å². The first kappa shape index (κ1) is 24.5. The van der Waals surface area contributed by atoms with Gasteiger partial charge in [-0.25, -0.2) is 14.8 Å². The van der Waals surface area contributed by atoms with E-state index in [1.807, 2.05) is 45.0 Å². The number of alkyl carbamates (subject to hydrolysis) is 1. The average Bonchev–Trinajstić information content (AvgIpc) is 3.21. The highest BCUT2D eigenvalue weighted by Crippen LogP contribution is 2.36. The molecule has 0 radical (unpaired) electrons. The number of anilines is 1. The van der Waals surface area contributed by atoms with E-state index in [1.165, 1.54) is 0 Å². The van der Waals surface area contributed by atoms with E-state index >= 15 is 0 Å². The van der Waals surface area contributed by atoms with Gasteiger partial charge >= 0.3 is 6.09 Å². The van der Waals surface area contributed by atoms with Crippen molar-refractivity contribution in [2.24, 2.45) is 4.99 Å². The van der Waals surface area contributed by atoms with Crippen molar-refractivity contribution in [3.63, 3.8) is 0 Å². The number of amides is 1. The molecule has 10 heteroatoms. The highest BCUT2D eigenvalue weighted by Gasteiger charge is 2.20. The zero-order valence-electron chi connectivity index (χ0n) is 19.1. The van der Waals surface area contributed by atoms with Gasteiger partial charge in [-0.3, -0.25) is 4.99 Å². The molecule has 0 fully saturated rings. The van der Waals surface area contributed by atoms with Crippen molar-refractivity contribution in [2.75, 3.05) is 32.1 Å². The standard InChI is InChI=1S/C23H28BrN5O4/c1-23(2,3)33-22(30)25-9-6-10-32-17-8-5-7-16(31-4)21(17)15-11-19(27-12-15)29-20-14-26-18(24)13-28-20/h5,7-8,11,13-14H,6,9-10,12H2,1-4H3,(H,25,30)(H,27,28,29). The molecule has 9 nitrogen and oxygen atoms in total. The van der Waals surface area contributed by atoms with Crippen LogP contribution < -0.4 is 20.1 Å². The van der Waals surface area contributed by atoms with Gasteiger partial charge in [0, 0.05) is 6.54 Å². The van der Waals surface area contributed by atoms with Gasteiger partial charge < -0.3 is 24.8 Å². The molecule has 2 aromatic rings. The van der Waals surface area contributed by atoms with E-state index in [1.54, 1.807) is 19.5 Å². The Balaban J connectivity index is 1.61. The number of carbonyl (C=O) groups is 1. The van der Waals surface area contributed by atoms with E-state index in [2.05, 4.69) is 41.5 Å². The second-order valence-electron chi connectivity index (χ2n) is 8.18. The Kier molecular flexibility index (Phi) is 8.26. The van der Waals surface area contributed by atoms with Gasteiger partial charge in [-0.15, -0.1) is 0 Å². The van der Waals surface area contributed by atoms with Crippen LogP contribution in [0.1, 0.15) is 32.8 Å². The lowest BCUT2D eigenvalue weighted by Crippen LogP contribution is -2.33. The van der Waals surface area contributed by atoms with Crippen molar-refractivity contribution < 1.29 is 19.0 Å². The summed E-state index contributed by atoms with van der Waals surface area (Å²) in [5.74, 6) is 2.67. The van der Waals surface area contributed by atoms with Crippen LogP contribution in [0.4, 0.5) is 10.6 Å². The molecule has 2 heterocycles. The minimum absolute atomic E-state index is 0.420. The molecule has 33 heavy (non-hydrogen) atoms. The predicted octanol–water partition coefficient (Wildman–Crippen LogP) is 4.45. The Bertz CT molecular complexity index is 1030. The lowest BCUT2D eigenvalue weighted by atomic mass is 10.0. The van der Waals surface area contributed by atoms with Gasteiger partial charge in [0.25, 0.3) is 0 Å². The summed E-state index contributed by atoms with van der Waals surface area (Å²) in [5.41, 5.74) is 1.29. The molecule has 0 saturated carbocycles. The fraction of sp³-hybridized carbons (Fsp3) is 0.391. The van der Waals surface area contributed by atoms with Crippen LogP contribution >= 0.6 is 15.9 Å². The molecular weight excluding hydrogens is 490 g/mol. The number of benzene rings is 1. The number of nitrogens with one attached hydrogen (secondary N) is 2. The summed E-state index contributed by atoms with van der Waals surface area (Å²) in [6.07, 6.45) is 5.38. The van der Waals surface area contributed by atoms with Gasteiger partial charge in [-0.2, -0.15) is 0 Å². The molecule has 0 saturated heterocycles. The molecule has 1 aromatic heterocycles. The average molecular weight is 518 g/mol. The third kappa shape index (κ3) is 7.45. The van der Waals surface area contributed by atoms with Crippen molar-refractivity contribution in [2.45, 2.75) is 32.8 Å². The van der Waals surface area contributed by atoms with E-state index in [0.29, 0.717) is 53.9 Å². The Hall–Kier alpha value is -3.14. The van der Waals surface area contributed by atoms with Gasteiger partial charge in [-0.05, 0) is 66.9 Å². The summed E-state index contributed by atoms with van der Waals surface area (Å²) in [5, 5.41) is 5.89. The van der Waals surface area contributed by atoms with E-state index in [4.69, 9.17) is 14.2 Å². The second kappa shape index (κ2) is 11.1. The molecule has 1 aliphatic heterocycles. The van der Waals surface area contributed by atoms with Crippen LogP contribution in [0, 0.1) is 0 Å². The monoisotopic (exact) mass is 517 g/mol. The molecule has 0 atom stereocenters. The van der Waals surface area contributed by atoms with E-state index in [-0.39, 0.29) is 0 Å². The van der Waals surface area contributed by atoms with Gasteiger partial charge in [0.1, 0.15) is 33.4 Å². The second-order valence-corrected chi connectivity index (χ2v) is 9.00. The number of aromatic nitrogens is 2. The Morgan fingerprint density at radius 3 is 2.67 bits per heavy atom. The first-order valence-electron chi connectivity index (χ1n) is 10.5. The SMILES string of the molecule is COc1cccc(OCCCNC(=O)OC(C)(C)C)c1C1=CC(Nc2cnc(Br)cn2)=NC1. The van der Waals surface area contributed by atoms with Crippen molar-refractivity contribution in [1.29, 1.82) is 0 Å². The third-order valence-electron chi connectivity index (χ3n) is 4.38. The lowest BCUT2D eigenvalue weighted by Gasteiger charge is -2.19. The van der Waals surface area contributed by atoms with Crippen molar-refractivity contribution >= 4 is 39.2 Å². The normalized spacial score (nSPS) is 13.1. The fourth-order valence-electron chi connectivity index (χ4n) is 3.04. The zero-order chi connectivity index (χ0) is 23.8. The smallest absolute Gasteiger partial charge is 0.407 e. The minimum atomic E-state index is -0.523. The van der Waals surface area contributed by atoms with Crippen LogP contribution in [-0.2, 0) is 4.74 Å². The summed E-state index contributed by atoms with van der Waals surface area (Å²) in [6.45, 7) is 6.83. The van der Waals surface area contributed by atoms with Gasteiger partial charge in [0.05, 0.1) is 38.2 Å². The molecule has 2 N–H and O–H groups in total. The Morgan fingerprint density at radius 1 is 1.18 bits per heavy atom. The van der Waals surface area contributed by atoms with Crippen LogP contribution in [0.5, 0.6) is 11.5 Å². The topological polar surface area (TPSA) is 107 Å². The van der Waals surface area contributed by atoms with E-state index in [9.17, 15) is 4.79 Å². The number of aliphatic imine (C=N–C) groups is 1. The number of nitrogens with zero attached hydrogens (tertiary/aromatic N) is 3. The number of halogens is 1. The van der Waals surface area contributed by atoms with Gasteiger partial charge in [0.15, 0.2) is 0 Å². The third-order valence-corrected chi connectivity index (χ3v) is 4.79. The van der Waals surface area contributed by atoms with Crippen LogP contribution in [0.15, 0.2) is 46.3 Å². The highest BCUT2D eigenvalue weighted by atomic mass is 79.9. The number of hydrogen-bond acceptors (Lipinski definition) is 8. The predicted molar refractivity (Wildman–Crippen MR) is 131 cm³/mol. The summed E-state index contributed by atoms with van der Waals surface area (Å²) < 4.78 is 17.5. The highest BCUT2D eigenvalue weighted by molar-refractivity contribution is 9.10. The fourth-order valence-corrected chi connectivity index (χ4v) is 3.24. The molecule has 0 unspecified atom stereocenters. The Morgan fingerprint density at radius 2 is 1.97 bits per heavy atom. The number of amidine groups is 1. The number of carbonyl (C=O) groups excluding carboxylic acids is 1. The van der Waals surface area contributed by atoms with E-state index < -0.39 is 11.7 Å². The minimum Gasteiger partial charge on any atom is -0.496 e. The molecule has 1 aliphatic rings. The molecule has 3 rings (SSSR count). The molecule has 0 bridgehead atoms. The number of ether oxygens (including phenoxy) is 3. The largest absolute Gasteiger partial charge is 0.496 e. The first-order chi connectivity index (χ1) is 15.7. The molecule has 0 aliphatic carbocycles. The maximum absolute atomic E-state index is 11.8. The number of hydrogen-bond donors (Lipinski definition) is 2. The maximum atomic E-state index is 11.8. The van der Waals surface area contributed by atoms with Crippen LogP contribution in [0.3, 0.4) is 0 Å². The quantitative estimate of drug-likeness (QED) is 0.498. The first-order valence-corrected chi connectivity index (χ1v) is 11.3. The van der Waals surface area contributed by atoms with Crippen LogP contribution in [-0.4, -0.2) is 54.3 Å². The zero-order valence-corrected chi connectivity index (χ0v) is 20.7. The molecule has 0 spiro atoms. The number of methoxy groups -OCH3 is 1. The summed E-state index contributed by atoms with van der Waals surface area (Å²) in [4.78, 5) is 24.7. The summed E-state index contributed by atoms with van der Waals surface area (Å²) in [6, 6.07) is 5.66. The van der Waals surface area contributed by atoms with Crippen LogP contribution in [0.2, 0.25) is 0 Å². The summed E-state index contributed by atoms with van der Waals surface area (Å²) in [7, 11) is 1.63. The van der Waals surface area contributed by atoms with Crippen molar-refractivity contribution in [3.05, 3.63) is 46.8 Å². The lowest BCUT2D eigenvalue weighted by molar-refractivity contribution is 0.0525.